The van der Waals surface area contributed by atoms with Crippen molar-refractivity contribution >= 4 is 34.2 Å². The van der Waals surface area contributed by atoms with Crippen molar-refractivity contribution < 1.29 is 9.21 Å². The highest BCUT2D eigenvalue weighted by Crippen LogP contribution is 2.26. The molecule has 0 atom stereocenters. The zero-order chi connectivity index (χ0) is 26.4. The normalized spacial score (nSPS) is 14.5. The van der Waals surface area contributed by atoms with Crippen LogP contribution in [0.3, 0.4) is 0 Å². The first kappa shape index (κ1) is 23.8. The van der Waals surface area contributed by atoms with Gasteiger partial charge in [-0.2, -0.15) is 14.6 Å². The molecule has 0 aliphatic carbocycles. The lowest BCUT2D eigenvalue weighted by Gasteiger charge is -2.36. The summed E-state index contributed by atoms with van der Waals surface area (Å²) in [6, 6.07) is 13.2. The Balaban J connectivity index is 1.19. The Labute approximate surface area is 217 Å². The molecule has 1 fully saturated rings. The van der Waals surface area contributed by atoms with Gasteiger partial charge in [0.15, 0.2) is 11.4 Å². The molecular weight excluding hydrogens is 486 g/mol. The van der Waals surface area contributed by atoms with Crippen LogP contribution in [0.2, 0.25) is 0 Å². The number of nitrogen functional groups attached to an aromatic ring is 1. The fourth-order valence-corrected chi connectivity index (χ4v) is 5.11. The molecule has 4 aromatic heterocycles. The third-order valence-corrected chi connectivity index (χ3v) is 7.22. The van der Waals surface area contributed by atoms with Crippen molar-refractivity contribution in [2.75, 3.05) is 50.4 Å². The molecule has 12 heteroatoms. The molecule has 3 N–H and O–H groups in total. The van der Waals surface area contributed by atoms with Crippen LogP contribution in [-0.4, -0.2) is 74.3 Å². The Hall–Kier alpha value is -4.58. The van der Waals surface area contributed by atoms with Crippen LogP contribution in [0.1, 0.15) is 10.4 Å². The number of aryl methyl sites for hydroxylation is 1. The zero-order valence-electron chi connectivity index (χ0n) is 21.3. The summed E-state index contributed by atoms with van der Waals surface area (Å²) in [4.78, 5) is 34.2. The summed E-state index contributed by atoms with van der Waals surface area (Å²) in [6.45, 7) is 4.67. The number of piperazine rings is 1. The third kappa shape index (κ3) is 3.98. The summed E-state index contributed by atoms with van der Waals surface area (Å²) >= 11 is 0. The van der Waals surface area contributed by atoms with E-state index >= 15 is 0 Å². The summed E-state index contributed by atoms with van der Waals surface area (Å²) in [7, 11) is 3.37. The molecule has 0 saturated carbocycles. The van der Waals surface area contributed by atoms with Crippen LogP contribution in [0.4, 0.5) is 11.6 Å². The fraction of sp³-hybridized carbons (Fsp3) is 0.308. The van der Waals surface area contributed by atoms with E-state index < -0.39 is 0 Å². The Morgan fingerprint density at radius 2 is 1.87 bits per heavy atom. The van der Waals surface area contributed by atoms with Crippen molar-refractivity contribution in [1.29, 1.82) is 0 Å². The van der Waals surface area contributed by atoms with Crippen molar-refractivity contribution in [3.8, 4) is 11.5 Å². The molecule has 0 spiro atoms. The van der Waals surface area contributed by atoms with Gasteiger partial charge in [-0.3, -0.25) is 18.8 Å². The van der Waals surface area contributed by atoms with Crippen LogP contribution in [-0.2, 0) is 13.6 Å². The van der Waals surface area contributed by atoms with E-state index in [9.17, 15) is 9.59 Å². The topological polar surface area (TPSA) is 132 Å². The number of carbonyl (C=O) groups excluding carboxylic acids is 1. The molecule has 1 amide bonds. The number of rotatable bonds is 6. The summed E-state index contributed by atoms with van der Waals surface area (Å²) in [5, 5.41) is 7.18. The highest BCUT2D eigenvalue weighted by molar-refractivity contribution is 5.94. The first-order chi connectivity index (χ1) is 18.4. The van der Waals surface area contributed by atoms with Gasteiger partial charge < -0.3 is 20.4 Å². The second-order valence-electron chi connectivity index (χ2n) is 9.39. The first-order valence-corrected chi connectivity index (χ1v) is 12.5. The van der Waals surface area contributed by atoms with E-state index in [0.29, 0.717) is 46.8 Å². The number of fused-ring (bicyclic) bond motifs is 3. The maximum Gasteiger partial charge on any atom is 0.330 e. The van der Waals surface area contributed by atoms with Crippen molar-refractivity contribution in [1.82, 2.24) is 33.9 Å². The van der Waals surface area contributed by atoms with Gasteiger partial charge in [0.1, 0.15) is 11.2 Å². The van der Waals surface area contributed by atoms with E-state index in [1.54, 1.807) is 40.1 Å². The van der Waals surface area contributed by atoms with Gasteiger partial charge in [0, 0.05) is 64.6 Å². The molecule has 0 unspecified atom stereocenters. The highest BCUT2D eigenvalue weighted by atomic mass is 16.3. The van der Waals surface area contributed by atoms with E-state index in [1.165, 1.54) is 0 Å². The Bertz CT molecular complexity index is 1670. The van der Waals surface area contributed by atoms with Gasteiger partial charge in [-0.1, -0.05) is 0 Å². The van der Waals surface area contributed by atoms with E-state index in [0.717, 1.165) is 31.9 Å². The van der Waals surface area contributed by atoms with Crippen LogP contribution in [0.15, 0.2) is 57.9 Å². The van der Waals surface area contributed by atoms with Crippen molar-refractivity contribution in [2.24, 2.45) is 7.05 Å². The van der Waals surface area contributed by atoms with Gasteiger partial charge >= 0.3 is 5.69 Å². The molecule has 196 valence electrons. The number of nitrogens with one attached hydrogen (secondary N) is 1. The lowest BCUT2D eigenvalue weighted by Crippen LogP contribution is -2.47. The van der Waals surface area contributed by atoms with Gasteiger partial charge in [0.05, 0.1) is 11.8 Å². The van der Waals surface area contributed by atoms with E-state index in [2.05, 4.69) is 25.2 Å². The van der Waals surface area contributed by atoms with Gasteiger partial charge in [0.25, 0.3) is 5.91 Å². The molecule has 1 aliphatic rings. The number of hydrogen-bond donors (Lipinski definition) is 2. The van der Waals surface area contributed by atoms with E-state index in [-0.39, 0.29) is 17.5 Å². The summed E-state index contributed by atoms with van der Waals surface area (Å²) < 4.78 is 10.3. The van der Waals surface area contributed by atoms with Crippen LogP contribution in [0.25, 0.3) is 28.1 Å². The number of nitrogens with two attached hydrogens (primary N) is 1. The van der Waals surface area contributed by atoms with Crippen LogP contribution >= 0.6 is 0 Å². The van der Waals surface area contributed by atoms with E-state index in [1.807, 2.05) is 36.4 Å². The number of nitrogens with zero attached hydrogens (tertiary/aromatic N) is 7. The maximum atomic E-state index is 13.2. The van der Waals surface area contributed by atoms with Crippen LogP contribution in [0.5, 0.6) is 0 Å². The molecule has 1 aromatic carbocycles. The third-order valence-electron chi connectivity index (χ3n) is 7.22. The maximum absolute atomic E-state index is 13.2. The Morgan fingerprint density at radius 3 is 2.55 bits per heavy atom. The van der Waals surface area contributed by atoms with Gasteiger partial charge in [-0.05, 0) is 42.5 Å². The minimum atomic E-state index is -0.143. The number of anilines is 2. The molecule has 5 aromatic rings. The molecule has 0 radical (unpaired) electrons. The standard InChI is InChI=1S/C26H29N9O3/c1-28-24(36)17-5-7-18(8-6-17)33-12-9-32(10-13-33)11-14-34-23-22(31(2)26(34)37)20-16-19(21-4-3-15-38-21)30-35(20)25(27)29-23/h3-8,15-16H,9-14H2,1-2H3,(H2,27,29)(H,28,36). The van der Waals surface area contributed by atoms with Gasteiger partial charge in [-0.15, -0.1) is 0 Å². The predicted molar refractivity (Wildman–Crippen MR) is 144 cm³/mol. The molecular formula is C26H29N9O3. The molecule has 0 bridgehead atoms. The number of amides is 1. The molecule has 38 heavy (non-hydrogen) atoms. The zero-order valence-corrected chi connectivity index (χ0v) is 21.3. The average Bonchev–Trinajstić information content (AvgIpc) is 3.68. The SMILES string of the molecule is CNC(=O)c1ccc(N2CCN(CCn3c(=O)n(C)c4c3nc(N)n3nc(-c5ccco5)cc43)CC2)cc1. The summed E-state index contributed by atoms with van der Waals surface area (Å²) in [5.74, 6) is 0.737. The largest absolute Gasteiger partial charge is 0.463 e. The monoisotopic (exact) mass is 515 g/mol. The minimum absolute atomic E-state index is 0.0896. The number of hydrogen-bond acceptors (Lipinski definition) is 8. The quantitative estimate of drug-likeness (QED) is 0.347. The molecule has 1 saturated heterocycles. The Kier molecular flexibility index (Phi) is 5.87. The summed E-state index contributed by atoms with van der Waals surface area (Å²) in [5.41, 5.74) is 10.4. The van der Waals surface area contributed by atoms with E-state index in [4.69, 9.17) is 10.2 Å². The minimum Gasteiger partial charge on any atom is -0.463 e. The van der Waals surface area contributed by atoms with Crippen LogP contribution < -0.4 is 21.6 Å². The molecule has 12 nitrogen and oxygen atoms in total. The lowest BCUT2D eigenvalue weighted by atomic mass is 10.1. The summed E-state index contributed by atoms with van der Waals surface area (Å²) in [6.07, 6.45) is 1.59. The fourth-order valence-electron chi connectivity index (χ4n) is 5.11. The van der Waals surface area contributed by atoms with Gasteiger partial charge in [0.2, 0.25) is 5.95 Å². The highest BCUT2D eigenvalue weighted by Gasteiger charge is 2.22. The molecule has 5 heterocycles. The number of benzene rings is 1. The smallest absolute Gasteiger partial charge is 0.330 e. The van der Waals surface area contributed by atoms with Crippen molar-refractivity contribution in [3.63, 3.8) is 0 Å². The predicted octanol–water partition coefficient (Wildman–Crippen LogP) is 1.41. The van der Waals surface area contributed by atoms with Gasteiger partial charge in [-0.25, -0.2) is 4.79 Å². The molecule has 1 aliphatic heterocycles. The number of aromatic nitrogens is 5. The van der Waals surface area contributed by atoms with Crippen molar-refractivity contribution in [2.45, 2.75) is 6.54 Å². The number of imidazole rings is 1. The van der Waals surface area contributed by atoms with Crippen LogP contribution in [0, 0.1) is 0 Å². The second kappa shape index (κ2) is 9.38. The number of carbonyl (C=O) groups is 1. The first-order valence-electron chi connectivity index (χ1n) is 12.5. The lowest BCUT2D eigenvalue weighted by molar-refractivity contribution is 0.0963. The van der Waals surface area contributed by atoms with Crippen molar-refractivity contribution in [3.05, 3.63) is 64.8 Å². The second-order valence-corrected chi connectivity index (χ2v) is 9.39. The number of furan rings is 1. The Morgan fingerprint density at radius 1 is 1.11 bits per heavy atom. The average molecular weight is 516 g/mol. The molecule has 6 rings (SSSR count).